The highest BCUT2D eigenvalue weighted by atomic mass is 31.2. The Kier molecular flexibility index (Phi) is 9.36. The molecule has 0 spiro atoms. The van der Waals surface area contributed by atoms with Crippen LogP contribution in [0.1, 0.15) is 37.3 Å². The summed E-state index contributed by atoms with van der Waals surface area (Å²) in [5, 5.41) is 0. The Morgan fingerprint density at radius 3 is 2.45 bits per heavy atom. The van der Waals surface area contributed by atoms with Gasteiger partial charge in [-0.25, -0.2) is 0 Å². The summed E-state index contributed by atoms with van der Waals surface area (Å²) in [4.78, 5) is 0. The minimum atomic E-state index is -1.54. The lowest BCUT2D eigenvalue weighted by Gasteiger charge is -2.17. The Labute approximate surface area is 187 Å². The zero-order valence-electron chi connectivity index (χ0n) is 18.5. The van der Waals surface area contributed by atoms with E-state index in [1.807, 2.05) is 30.3 Å². The van der Waals surface area contributed by atoms with Gasteiger partial charge in [0.2, 0.25) is 0 Å². The maximum Gasteiger partial charge on any atom is 0.399 e. The number of unbranched alkanes of at least 4 members (excludes halogenated alkanes) is 2. The molecule has 0 amide bonds. The molecule has 0 aliphatic rings. The molecule has 0 aromatic heterocycles. The molecule has 0 saturated carbocycles. The van der Waals surface area contributed by atoms with Crippen LogP contribution in [0, 0.1) is 6.92 Å². The summed E-state index contributed by atoms with van der Waals surface area (Å²) in [5.74, 6) is 1.51. The van der Waals surface area contributed by atoms with E-state index in [1.165, 1.54) is 30.4 Å². The number of benzene rings is 3. The third kappa shape index (κ3) is 7.36. The highest BCUT2D eigenvalue weighted by molar-refractivity contribution is 7.42. The molecule has 3 rings (SSSR count). The lowest BCUT2D eigenvalue weighted by molar-refractivity contribution is 0.101. The second kappa shape index (κ2) is 12.5. The predicted octanol–water partition coefficient (Wildman–Crippen LogP) is 7.70. The number of para-hydroxylation sites is 1. The van der Waals surface area contributed by atoms with Gasteiger partial charge in [0.1, 0.15) is 11.5 Å². The van der Waals surface area contributed by atoms with Crippen LogP contribution in [-0.2, 0) is 15.5 Å². The minimum Gasteiger partial charge on any atom is -0.466 e. The Balaban J connectivity index is 1.71. The topological polar surface area (TPSA) is 36.9 Å². The van der Waals surface area contributed by atoms with Crippen LogP contribution < -0.4 is 9.26 Å². The zero-order chi connectivity index (χ0) is 21.9. The molecule has 1 unspecified atom stereocenters. The summed E-state index contributed by atoms with van der Waals surface area (Å²) < 4.78 is 22.9. The van der Waals surface area contributed by atoms with Crippen LogP contribution in [0.25, 0.3) is 11.1 Å². The summed E-state index contributed by atoms with van der Waals surface area (Å²) in [6, 6.07) is 24.4. The lowest BCUT2D eigenvalue weighted by atomic mass is 9.99. The average molecular weight is 439 g/mol. The fraction of sp³-hybridized carbons (Fsp3) is 0.308. The molecule has 4 nitrogen and oxygen atoms in total. The lowest BCUT2D eigenvalue weighted by Crippen LogP contribution is -2.04. The molecule has 0 aliphatic heterocycles. The van der Waals surface area contributed by atoms with E-state index in [9.17, 15) is 0 Å². The maximum absolute atomic E-state index is 6.08. The number of rotatable bonds is 12. The first-order valence-electron chi connectivity index (χ1n) is 10.7. The van der Waals surface area contributed by atoms with E-state index < -0.39 is 8.60 Å². The van der Waals surface area contributed by atoms with Gasteiger partial charge in [-0.2, -0.15) is 0 Å². The van der Waals surface area contributed by atoms with E-state index in [0.29, 0.717) is 5.75 Å². The van der Waals surface area contributed by atoms with Gasteiger partial charge in [-0.05, 0) is 49.1 Å². The van der Waals surface area contributed by atoms with Gasteiger partial charge < -0.3 is 13.8 Å². The molecule has 1 atom stereocenters. The van der Waals surface area contributed by atoms with E-state index in [4.69, 9.17) is 18.3 Å². The largest absolute Gasteiger partial charge is 0.466 e. The SMILES string of the molecule is CCCCCc1ccc(-c2cccc(C)c2)c(OCOP(OC)Oc2ccccc2)c1. The van der Waals surface area contributed by atoms with Gasteiger partial charge in [-0.1, -0.05) is 79.9 Å². The zero-order valence-corrected chi connectivity index (χ0v) is 19.4. The summed E-state index contributed by atoms with van der Waals surface area (Å²) in [6.45, 7) is 4.36. The van der Waals surface area contributed by atoms with Crippen molar-refractivity contribution in [3.05, 3.63) is 83.9 Å². The molecule has 3 aromatic carbocycles. The number of hydrogen-bond donors (Lipinski definition) is 0. The third-order valence-corrected chi connectivity index (χ3v) is 5.86. The normalized spacial score (nSPS) is 11.8. The van der Waals surface area contributed by atoms with Crippen molar-refractivity contribution in [1.29, 1.82) is 0 Å². The van der Waals surface area contributed by atoms with Crippen LogP contribution in [0.5, 0.6) is 11.5 Å². The Bertz CT molecular complexity index is 930. The van der Waals surface area contributed by atoms with Crippen molar-refractivity contribution in [3.63, 3.8) is 0 Å². The van der Waals surface area contributed by atoms with Crippen LogP contribution in [-0.4, -0.2) is 13.9 Å². The van der Waals surface area contributed by atoms with Crippen LogP contribution in [0.2, 0.25) is 0 Å². The highest BCUT2D eigenvalue weighted by Gasteiger charge is 2.14. The smallest absolute Gasteiger partial charge is 0.399 e. The van der Waals surface area contributed by atoms with Crippen molar-refractivity contribution >= 4 is 8.60 Å². The molecule has 164 valence electrons. The molecular formula is C26H31O4P. The molecule has 0 heterocycles. The molecule has 3 aromatic rings. The summed E-state index contributed by atoms with van der Waals surface area (Å²) in [7, 11) is 0.0263. The van der Waals surface area contributed by atoms with Crippen molar-refractivity contribution in [3.8, 4) is 22.6 Å². The van der Waals surface area contributed by atoms with E-state index in [0.717, 1.165) is 23.3 Å². The van der Waals surface area contributed by atoms with E-state index >= 15 is 0 Å². The molecular weight excluding hydrogens is 407 g/mol. The van der Waals surface area contributed by atoms with Crippen molar-refractivity contribution in [2.45, 2.75) is 39.5 Å². The van der Waals surface area contributed by atoms with Crippen molar-refractivity contribution in [2.75, 3.05) is 13.9 Å². The van der Waals surface area contributed by atoms with Gasteiger partial charge in [0.25, 0.3) is 0 Å². The van der Waals surface area contributed by atoms with Gasteiger partial charge in [0.05, 0.1) is 0 Å². The first-order valence-corrected chi connectivity index (χ1v) is 11.8. The highest BCUT2D eigenvalue weighted by Crippen LogP contribution is 2.40. The molecule has 0 bridgehead atoms. The fourth-order valence-corrected chi connectivity index (χ4v) is 3.95. The minimum absolute atomic E-state index is 0.0452. The summed E-state index contributed by atoms with van der Waals surface area (Å²) in [5.41, 5.74) is 4.67. The quantitative estimate of drug-likeness (QED) is 0.165. The van der Waals surface area contributed by atoms with Crippen LogP contribution >= 0.6 is 8.60 Å². The van der Waals surface area contributed by atoms with Crippen molar-refractivity contribution < 1.29 is 18.3 Å². The van der Waals surface area contributed by atoms with E-state index in [1.54, 1.807) is 7.11 Å². The molecule has 5 heteroatoms. The standard InChI is InChI=1S/C26H31O4P/c1-4-5-7-12-22-16-17-25(23-13-10-11-21(2)18-23)26(19-22)28-20-29-31(27-3)30-24-14-8-6-9-15-24/h6,8-11,13-19H,4-5,7,12,20H2,1-3H3. The monoisotopic (exact) mass is 438 g/mol. The number of hydrogen-bond acceptors (Lipinski definition) is 4. The maximum atomic E-state index is 6.08. The Morgan fingerprint density at radius 2 is 1.71 bits per heavy atom. The summed E-state index contributed by atoms with van der Waals surface area (Å²) >= 11 is 0. The second-order valence-electron chi connectivity index (χ2n) is 7.36. The van der Waals surface area contributed by atoms with Crippen LogP contribution in [0.4, 0.5) is 0 Å². The molecule has 0 fully saturated rings. The third-order valence-electron chi connectivity index (χ3n) is 4.89. The number of ether oxygens (including phenoxy) is 1. The van der Waals surface area contributed by atoms with Gasteiger partial charge in [0.15, 0.2) is 6.79 Å². The van der Waals surface area contributed by atoms with Gasteiger partial charge in [-0.15, -0.1) is 0 Å². The molecule has 0 saturated heterocycles. The Hall–Kier alpha value is -2.39. The van der Waals surface area contributed by atoms with Crippen molar-refractivity contribution in [2.24, 2.45) is 0 Å². The van der Waals surface area contributed by atoms with Crippen LogP contribution in [0.3, 0.4) is 0 Å². The van der Waals surface area contributed by atoms with Gasteiger partial charge in [0, 0.05) is 12.7 Å². The van der Waals surface area contributed by atoms with E-state index in [-0.39, 0.29) is 6.79 Å². The molecule has 31 heavy (non-hydrogen) atoms. The molecule has 0 radical (unpaired) electrons. The van der Waals surface area contributed by atoms with Gasteiger partial charge in [-0.3, -0.25) is 4.52 Å². The fourth-order valence-electron chi connectivity index (χ4n) is 3.29. The summed E-state index contributed by atoms with van der Waals surface area (Å²) in [6.07, 6.45) is 4.66. The van der Waals surface area contributed by atoms with E-state index in [2.05, 4.69) is 56.3 Å². The first kappa shape index (κ1) is 23.3. The van der Waals surface area contributed by atoms with Crippen molar-refractivity contribution in [1.82, 2.24) is 0 Å². The average Bonchev–Trinajstić information content (AvgIpc) is 2.79. The predicted molar refractivity (Wildman–Crippen MR) is 127 cm³/mol. The number of aryl methyl sites for hydroxylation is 2. The first-order chi connectivity index (χ1) is 15.2. The molecule has 0 aliphatic carbocycles. The molecule has 0 N–H and O–H groups in total. The second-order valence-corrected chi connectivity index (χ2v) is 8.61. The Morgan fingerprint density at radius 1 is 0.871 bits per heavy atom. The van der Waals surface area contributed by atoms with Crippen LogP contribution in [0.15, 0.2) is 72.8 Å². The van der Waals surface area contributed by atoms with Gasteiger partial charge >= 0.3 is 8.60 Å².